The van der Waals surface area contributed by atoms with Crippen LogP contribution in [-0.2, 0) is 70.2 Å². The maximum atomic E-state index is 15.2. The van der Waals surface area contributed by atoms with E-state index in [2.05, 4.69) is 31.4 Å². The van der Waals surface area contributed by atoms with Crippen molar-refractivity contribution in [2.45, 2.75) is 222 Å². The maximum Gasteiger partial charge on any atom is 0.514 e. The summed E-state index contributed by atoms with van der Waals surface area (Å²) in [6.07, 6.45) is -2.18. The lowest BCUT2D eigenvalue weighted by Gasteiger charge is -2.32. The second kappa shape index (κ2) is 49.8. The molecule has 5 amide bonds. The zero-order valence-electron chi connectivity index (χ0n) is 79.8. The number of phenolic OH excluding ortho intramolecular Hbond substituents is 2. The molecule has 140 heavy (non-hydrogen) atoms. The van der Waals surface area contributed by atoms with Crippen molar-refractivity contribution >= 4 is 112 Å². The topological polar surface area (TPSA) is 451 Å². The van der Waals surface area contributed by atoms with Gasteiger partial charge < -0.3 is 70.5 Å². The van der Waals surface area contributed by atoms with Crippen molar-refractivity contribution in [2.75, 3.05) is 33.7 Å². The third-order valence-electron chi connectivity index (χ3n) is 23.4. The average molecular weight is 1960 g/mol. The number of nitrogens with zero attached hydrogens (tertiary/aromatic N) is 5. The van der Waals surface area contributed by atoms with Crippen molar-refractivity contribution in [3.05, 3.63) is 213 Å². The Morgan fingerprint density at radius 3 is 1.34 bits per heavy atom. The molecule has 0 radical (unpaired) electrons. The van der Waals surface area contributed by atoms with E-state index in [-0.39, 0.29) is 147 Å². The van der Waals surface area contributed by atoms with E-state index in [9.17, 15) is 77.6 Å². The van der Waals surface area contributed by atoms with Crippen molar-refractivity contribution in [3.8, 4) is 67.5 Å². The number of phenols is 2. The van der Waals surface area contributed by atoms with Crippen molar-refractivity contribution < 1.29 is 106 Å². The van der Waals surface area contributed by atoms with E-state index >= 15 is 4.79 Å². The standard InChI is InChI=1S/C57H68ClN3O14.C48H51ClN6O8.2CH4/c1-33-28-45(63)48(61(11)50(65)39(14-12-13-27-59-52(68)73-55(2,3)4)32-44(62)37-18-16-35(17-19-37)36-20-23-40(58)24-21-36)38-22-26-47(72-54(70)75-57(8,9)10)42(31-38)41-29-34(30-43(51(66)67)60-49(33)64)15-25-46(41)71-53(69)74-56(5,6)7;1-27(46(61)39-26-51-54-53-39)20-43(59)38-23-29-7-17-40(56)36(22-29)37-24-33(14-18-41(37)57)45(44(60)21-28(2)47(62)52-38)55(3)48(63)34(6-4-5-19-50)25-42(58)32-10-8-30(9-11-32)31-12-15-35(49)16-13-31;;/h15-26,29,31,33,39,43,48H,12-14,27-28,30,32H2,1-11H3,(H,59,68)(H,60,64)(H,66,67);7-18,22,24,27-28,34,38,45,56-57H,4-6,19-21,23,25-26,50H2,1-3H3,(H,52,62);2*1H4/t33-,39-,43+,48+;27-,28-,34-,38+,45+;;/m11../s1. The number of likely N-dealkylation sites (N-methyl/N-ethyl adjacent to an activating group) is 2. The number of aliphatic carboxylic acids is 1. The highest BCUT2D eigenvalue weighted by molar-refractivity contribution is 6.41. The summed E-state index contributed by atoms with van der Waals surface area (Å²) in [4.78, 5) is 196. The molecule has 33 heteroatoms. The molecule has 9 atom stereocenters. The lowest BCUT2D eigenvalue weighted by molar-refractivity contribution is -0.144. The van der Waals surface area contributed by atoms with Gasteiger partial charge in [0.1, 0.15) is 70.2 Å². The molecule has 0 spiro atoms. The second-order valence-electron chi connectivity index (χ2n) is 38.0. The smallest absolute Gasteiger partial charge is 0.507 e. The van der Waals surface area contributed by atoms with Gasteiger partial charge in [-0.3, -0.25) is 47.9 Å². The number of rotatable bonds is 29. The zero-order valence-corrected chi connectivity index (χ0v) is 81.4. The normalized spacial score (nSPS) is 17.1. The number of carboxylic acid groups (broad SMARTS) is 1. The van der Waals surface area contributed by atoms with E-state index in [0.717, 1.165) is 22.3 Å². The zero-order chi connectivity index (χ0) is 101. The number of carboxylic acids is 1. The van der Waals surface area contributed by atoms with Crippen LogP contribution >= 0.6 is 23.2 Å². The van der Waals surface area contributed by atoms with Crippen LogP contribution in [0.4, 0.5) is 14.4 Å². The van der Waals surface area contributed by atoms with Crippen molar-refractivity contribution in [1.29, 1.82) is 0 Å². The third kappa shape index (κ3) is 31.4. The molecule has 8 N–H and O–H groups in total. The summed E-state index contributed by atoms with van der Waals surface area (Å²) in [5, 5.41) is 52.8. The number of ether oxygens (including phenoxy) is 5. The Bertz CT molecular complexity index is 5920. The van der Waals surface area contributed by atoms with Gasteiger partial charge in [-0.05, 0) is 223 Å². The van der Waals surface area contributed by atoms with Crippen LogP contribution in [0.5, 0.6) is 23.0 Å². The molecule has 3 aliphatic rings. The minimum Gasteiger partial charge on any atom is -0.507 e. The molecule has 8 aromatic carbocycles. The van der Waals surface area contributed by atoms with Crippen LogP contribution in [0, 0.1) is 29.6 Å². The number of alkyl carbamates (subject to hydrolysis) is 1. The van der Waals surface area contributed by atoms with Crippen LogP contribution in [0.2, 0.25) is 10.0 Å². The molecule has 3 aliphatic heterocycles. The molecule has 0 saturated carbocycles. The summed E-state index contributed by atoms with van der Waals surface area (Å²) in [6, 6.07) is 40.8. The summed E-state index contributed by atoms with van der Waals surface area (Å²) >= 11 is 12.2. The Hall–Kier alpha value is -13.7. The molecule has 0 aromatic heterocycles. The lowest BCUT2D eigenvalue weighted by atomic mass is 9.87. The van der Waals surface area contributed by atoms with Crippen LogP contribution < -0.4 is 31.2 Å². The number of aromatic hydroxyl groups is 2. The fourth-order valence-corrected chi connectivity index (χ4v) is 16.5. The van der Waals surface area contributed by atoms with Crippen molar-refractivity contribution in [3.63, 3.8) is 0 Å². The first-order valence-electron chi connectivity index (χ1n) is 45.7. The fourth-order valence-electron chi connectivity index (χ4n) is 16.3. The lowest BCUT2D eigenvalue weighted by Crippen LogP contribution is -2.46. The number of fused-ring (bicyclic) bond motifs is 10. The number of nitrogens with one attached hydrogen (secondary N) is 3. The number of unbranched alkanes of at least 4 members (excludes halogenated alkanes) is 2. The summed E-state index contributed by atoms with van der Waals surface area (Å²) in [6.45, 7) is 20.3. The number of Topliss-reactive ketones (excluding diaryl/α,β-unsaturated/α-hetero) is 6. The molecule has 11 rings (SSSR count). The second-order valence-corrected chi connectivity index (χ2v) is 38.8. The Labute approximate surface area is 826 Å². The number of hydrogen-bond acceptors (Lipinski definition) is 25. The van der Waals surface area contributed by atoms with Crippen LogP contribution in [0.25, 0.3) is 44.5 Å². The van der Waals surface area contributed by atoms with Crippen LogP contribution in [0.15, 0.2) is 185 Å². The summed E-state index contributed by atoms with van der Waals surface area (Å²) in [7, 11) is 2.88. The van der Waals surface area contributed by atoms with Gasteiger partial charge in [0.15, 0.2) is 34.7 Å². The fraction of sp³-hybridized carbons (Fsp3) is 0.411. The molecule has 0 fully saturated rings. The van der Waals surface area contributed by atoms with E-state index in [1.165, 1.54) is 91.5 Å². The Kier molecular flexibility index (Phi) is 39.7. The molecule has 0 unspecified atom stereocenters. The number of benzene rings is 8. The van der Waals surface area contributed by atoms with Gasteiger partial charge in [0.25, 0.3) is 0 Å². The van der Waals surface area contributed by atoms with Gasteiger partial charge in [-0.25, -0.2) is 19.2 Å². The van der Waals surface area contributed by atoms with E-state index in [1.807, 2.05) is 36.4 Å². The quantitative estimate of drug-likeness (QED) is 0.00752. The van der Waals surface area contributed by atoms with E-state index in [0.29, 0.717) is 76.5 Å². The highest BCUT2D eigenvalue weighted by Crippen LogP contribution is 2.44. The van der Waals surface area contributed by atoms with Crippen molar-refractivity contribution in [1.82, 2.24) is 25.8 Å². The predicted molar refractivity (Wildman–Crippen MR) is 532 cm³/mol. The molecule has 8 aromatic rings. The van der Waals surface area contributed by atoms with Gasteiger partial charge in [-0.1, -0.05) is 169 Å². The molecule has 8 bridgehead atoms. The summed E-state index contributed by atoms with van der Waals surface area (Å²) < 4.78 is 27.9. The number of amides is 5. The highest BCUT2D eigenvalue weighted by atomic mass is 35.5. The molecular formula is C107H127Cl2N9O22. The van der Waals surface area contributed by atoms with Gasteiger partial charge in [0.05, 0.1) is 6.04 Å². The Balaban J connectivity index is 0.000000343. The first-order chi connectivity index (χ1) is 65.1. The van der Waals surface area contributed by atoms with Gasteiger partial charge in [-0.2, -0.15) is 5.11 Å². The highest BCUT2D eigenvalue weighted by Gasteiger charge is 2.41. The maximum absolute atomic E-state index is 15.2. The first-order valence-corrected chi connectivity index (χ1v) is 46.5. The van der Waals surface area contributed by atoms with Crippen molar-refractivity contribution in [2.24, 2.45) is 50.8 Å². The largest absolute Gasteiger partial charge is 0.514 e. The number of ketones is 6. The number of nitrogens with two attached hydrogens (primary N) is 1. The molecule has 0 saturated heterocycles. The number of halogens is 2. The van der Waals surface area contributed by atoms with E-state index < -0.39 is 142 Å². The SMILES string of the molecule is C.C.C[C@@H]1CC(=O)[C@@H](N(C)C(=O)[C@H](CCCCN)CC(=O)c2ccc(-c3ccc(Cl)cc3)cc2)c2ccc(O)c(c2)-c2cc(ccc2O)C[C@@H](C(=O)C[C@@H](C)C(=O)C2=NN=NC2)NC1=O.C[C@@H]1CC(=O)[C@@H](N(C)C(=O)[C@H](CCCCNC(=O)OC(C)(C)C)CC(=O)c2ccc(-c3ccc(Cl)cc3)cc2)c2ccc(OC(=O)OC(C)(C)C)c(c2)-c2cc(ccc2OC(=O)OC(C)(C)C)C[C@@H](C(=O)O)NC1=O. The van der Waals surface area contributed by atoms with Crippen LogP contribution in [0.1, 0.15) is 224 Å². The predicted octanol–water partition coefficient (Wildman–Crippen LogP) is 19.6. The van der Waals surface area contributed by atoms with E-state index in [4.69, 9.17) is 52.6 Å². The Morgan fingerprint density at radius 2 is 0.893 bits per heavy atom. The molecule has 746 valence electrons. The number of carbonyl (C=O) groups excluding carboxylic acids is 13. The monoisotopic (exact) mass is 1960 g/mol. The van der Waals surface area contributed by atoms with Gasteiger partial charge >= 0.3 is 24.4 Å². The number of carbonyl (C=O) groups is 14. The third-order valence-corrected chi connectivity index (χ3v) is 23.9. The van der Waals surface area contributed by atoms with Gasteiger partial charge in [0, 0.05) is 132 Å². The molecule has 0 aliphatic carbocycles. The molecule has 31 nitrogen and oxygen atoms in total. The van der Waals surface area contributed by atoms with Crippen LogP contribution in [-0.4, -0.2) is 176 Å². The minimum atomic E-state index is -1.49. The van der Waals surface area contributed by atoms with Gasteiger partial charge in [0.2, 0.25) is 23.6 Å². The minimum absolute atomic E-state index is 0. The summed E-state index contributed by atoms with van der Waals surface area (Å²) in [5.41, 5.74) is 9.35. The first kappa shape index (κ1) is 112. The number of hydrogen-bond donors (Lipinski definition) is 7. The van der Waals surface area contributed by atoms with E-state index in [1.54, 1.807) is 149 Å². The molecular weight excluding hydrogens is 1830 g/mol. The average Bonchev–Trinajstić information content (AvgIpc) is 0.923. The van der Waals surface area contributed by atoms with Gasteiger partial charge in [-0.15, -0.1) is 5.10 Å². The van der Waals surface area contributed by atoms with Crippen LogP contribution in [0.3, 0.4) is 0 Å². The summed E-state index contributed by atoms with van der Waals surface area (Å²) in [5.74, 6) is -11.8. The molecule has 3 heterocycles. The Morgan fingerprint density at radius 1 is 0.500 bits per heavy atom.